The lowest BCUT2D eigenvalue weighted by Crippen LogP contribution is -1.99. The van der Waals surface area contributed by atoms with Gasteiger partial charge in [-0.1, -0.05) is 0 Å². The van der Waals surface area contributed by atoms with Gasteiger partial charge in [0.2, 0.25) is 5.88 Å². The van der Waals surface area contributed by atoms with Crippen LogP contribution in [0.15, 0.2) is 23.1 Å². The third-order valence-electron chi connectivity index (χ3n) is 2.40. The Bertz CT molecular complexity index is 728. The minimum Gasteiger partial charge on any atom is -0.481 e. The molecule has 3 aromatic heterocycles. The molecule has 3 aromatic rings. The van der Waals surface area contributed by atoms with E-state index in [4.69, 9.17) is 4.74 Å². The monoisotopic (exact) mass is 216 g/mol. The lowest BCUT2D eigenvalue weighted by Gasteiger charge is -2.00. The van der Waals surface area contributed by atoms with Gasteiger partial charge < -0.3 is 14.7 Å². The first kappa shape index (κ1) is 8.90. The van der Waals surface area contributed by atoms with Crippen molar-refractivity contribution in [1.29, 1.82) is 0 Å². The fraction of sp³-hybridized carbons (Fsp3) is 0.100. The molecule has 0 atom stereocenters. The number of pyridine rings is 2. The molecule has 0 aromatic carbocycles. The zero-order chi connectivity index (χ0) is 11.1. The summed E-state index contributed by atoms with van der Waals surface area (Å²) in [7, 11) is 1.55. The van der Waals surface area contributed by atoms with E-state index >= 15 is 0 Å². The summed E-state index contributed by atoms with van der Waals surface area (Å²) in [5.74, 6) is 0.497. The van der Waals surface area contributed by atoms with Crippen LogP contribution in [-0.4, -0.2) is 27.0 Å². The molecule has 6 nitrogen and oxygen atoms in total. The number of hydrogen-bond acceptors (Lipinski definition) is 4. The zero-order valence-corrected chi connectivity index (χ0v) is 8.44. The Hall–Kier alpha value is -2.37. The number of fused-ring (bicyclic) bond motifs is 3. The van der Waals surface area contributed by atoms with Crippen LogP contribution in [0.5, 0.6) is 5.88 Å². The van der Waals surface area contributed by atoms with Crippen molar-refractivity contribution in [3.05, 3.63) is 28.8 Å². The first-order valence-electron chi connectivity index (χ1n) is 4.69. The maximum absolute atomic E-state index is 11.2. The average molecular weight is 216 g/mol. The van der Waals surface area contributed by atoms with Crippen molar-refractivity contribution in [2.24, 2.45) is 0 Å². The molecule has 0 radical (unpaired) electrons. The van der Waals surface area contributed by atoms with E-state index in [0.29, 0.717) is 22.6 Å². The molecule has 80 valence electrons. The van der Waals surface area contributed by atoms with Crippen LogP contribution in [0.3, 0.4) is 0 Å². The SMILES string of the molecule is COc1ccc2c(ncc3[nH]c(=O)[nH]c32)n1. The van der Waals surface area contributed by atoms with E-state index in [-0.39, 0.29) is 5.69 Å². The fourth-order valence-electron chi connectivity index (χ4n) is 1.67. The van der Waals surface area contributed by atoms with E-state index in [1.807, 2.05) is 6.07 Å². The normalized spacial score (nSPS) is 11.1. The molecule has 0 aliphatic rings. The van der Waals surface area contributed by atoms with Gasteiger partial charge in [0, 0.05) is 11.5 Å². The van der Waals surface area contributed by atoms with Crippen LogP contribution in [0.2, 0.25) is 0 Å². The molecule has 16 heavy (non-hydrogen) atoms. The highest BCUT2D eigenvalue weighted by Crippen LogP contribution is 2.20. The maximum atomic E-state index is 11.2. The second kappa shape index (κ2) is 3.06. The molecule has 0 bridgehead atoms. The van der Waals surface area contributed by atoms with E-state index in [9.17, 15) is 4.79 Å². The Labute approximate surface area is 89.3 Å². The van der Waals surface area contributed by atoms with Gasteiger partial charge in [-0.25, -0.2) is 9.78 Å². The lowest BCUT2D eigenvalue weighted by atomic mass is 10.2. The van der Waals surface area contributed by atoms with Crippen molar-refractivity contribution in [3.8, 4) is 5.88 Å². The van der Waals surface area contributed by atoms with Crippen molar-refractivity contribution in [1.82, 2.24) is 19.9 Å². The van der Waals surface area contributed by atoms with Crippen molar-refractivity contribution in [2.45, 2.75) is 0 Å². The Morgan fingerprint density at radius 2 is 2.19 bits per heavy atom. The molecule has 6 heteroatoms. The zero-order valence-electron chi connectivity index (χ0n) is 8.44. The molecule has 3 heterocycles. The molecule has 0 fully saturated rings. The average Bonchev–Trinajstić information content (AvgIpc) is 2.69. The van der Waals surface area contributed by atoms with Crippen LogP contribution < -0.4 is 10.4 Å². The van der Waals surface area contributed by atoms with E-state index in [1.165, 1.54) is 0 Å². The van der Waals surface area contributed by atoms with Gasteiger partial charge in [-0.3, -0.25) is 0 Å². The predicted molar refractivity (Wildman–Crippen MR) is 58.6 cm³/mol. The highest BCUT2D eigenvalue weighted by molar-refractivity contribution is 6.00. The lowest BCUT2D eigenvalue weighted by molar-refractivity contribution is 0.399. The Morgan fingerprint density at radius 3 is 3.00 bits per heavy atom. The number of hydrogen-bond donors (Lipinski definition) is 2. The number of aromatic amines is 2. The molecule has 0 spiro atoms. The highest BCUT2D eigenvalue weighted by Gasteiger charge is 2.06. The molecule has 3 rings (SSSR count). The topological polar surface area (TPSA) is 83.7 Å². The number of aromatic nitrogens is 4. The third kappa shape index (κ3) is 1.16. The number of H-pyrrole nitrogens is 2. The molecule has 0 unspecified atom stereocenters. The van der Waals surface area contributed by atoms with Crippen LogP contribution in [0, 0.1) is 0 Å². The van der Waals surface area contributed by atoms with Gasteiger partial charge in [0.15, 0.2) is 5.65 Å². The van der Waals surface area contributed by atoms with Gasteiger partial charge in [-0.05, 0) is 6.07 Å². The molecular weight excluding hydrogens is 208 g/mol. The second-order valence-corrected chi connectivity index (χ2v) is 3.35. The number of nitrogens with one attached hydrogen (secondary N) is 2. The van der Waals surface area contributed by atoms with Crippen molar-refractivity contribution < 1.29 is 4.74 Å². The number of imidazole rings is 1. The number of methoxy groups -OCH3 is 1. The van der Waals surface area contributed by atoms with E-state index in [1.54, 1.807) is 19.4 Å². The van der Waals surface area contributed by atoms with Gasteiger partial charge in [-0.2, -0.15) is 4.98 Å². The first-order chi connectivity index (χ1) is 7.78. The summed E-state index contributed by atoms with van der Waals surface area (Å²) >= 11 is 0. The summed E-state index contributed by atoms with van der Waals surface area (Å²) in [6.07, 6.45) is 1.57. The molecule has 0 saturated heterocycles. The van der Waals surface area contributed by atoms with Crippen LogP contribution in [0.4, 0.5) is 0 Å². The summed E-state index contributed by atoms with van der Waals surface area (Å²) < 4.78 is 5.01. The maximum Gasteiger partial charge on any atom is 0.323 e. The summed E-state index contributed by atoms with van der Waals surface area (Å²) in [5, 5.41) is 0.789. The van der Waals surface area contributed by atoms with E-state index < -0.39 is 0 Å². The van der Waals surface area contributed by atoms with Crippen molar-refractivity contribution in [2.75, 3.05) is 7.11 Å². The summed E-state index contributed by atoms with van der Waals surface area (Å²) in [6.45, 7) is 0. The smallest absolute Gasteiger partial charge is 0.323 e. The number of ether oxygens (including phenoxy) is 1. The first-order valence-corrected chi connectivity index (χ1v) is 4.69. The minimum absolute atomic E-state index is 0.250. The van der Waals surface area contributed by atoms with Gasteiger partial charge >= 0.3 is 5.69 Å². The standard InChI is InChI=1S/C10H8N4O2/c1-16-7-3-2-5-8-6(12-10(15)14-8)4-11-9(5)13-7/h2-4H,1H3,(H2,12,14,15). The summed E-state index contributed by atoms with van der Waals surface area (Å²) in [4.78, 5) is 24.9. The molecule has 0 aliphatic carbocycles. The third-order valence-corrected chi connectivity index (χ3v) is 2.40. The van der Waals surface area contributed by atoms with Crippen LogP contribution >= 0.6 is 0 Å². The Morgan fingerprint density at radius 1 is 1.31 bits per heavy atom. The Kier molecular flexibility index (Phi) is 1.70. The summed E-state index contributed by atoms with van der Waals surface area (Å²) in [6, 6.07) is 3.55. The van der Waals surface area contributed by atoms with Gasteiger partial charge in [0.1, 0.15) is 0 Å². The molecule has 0 aliphatic heterocycles. The Balaban J connectivity index is 2.46. The van der Waals surface area contributed by atoms with Crippen molar-refractivity contribution >= 4 is 22.1 Å². The summed E-state index contributed by atoms with van der Waals surface area (Å²) in [5.41, 5.74) is 1.68. The quantitative estimate of drug-likeness (QED) is 0.630. The van der Waals surface area contributed by atoms with Gasteiger partial charge in [-0.15, -0.1) is 0 Å². The second-order valence-electron chi connectivity index (χ2n) is 3.35. The van der Waals surface area contributed by atoms with Gasteiger partial charge in [0.25, 0.3) is 0 Å². The largest absolute Gasteiger partial charge is 0.481 e. The molecule has 0 saturated carbocycles. The van der Waals surface area contributed by atoms with Crippen LogP contribution in [0.25, 0.3) is 22.1 Å². The van der Waals surface area contributed by atoms with Crippen LogP contribution in [-0.2, 0) is 0 Å². The molecule has 0 amide bonds. The minimum atomic E-state index is -0.250. The molecule has 2 N–H and O–H groups in total. The molecular formula is C10H8N4O2. The van der Waals surface area contributed by atoms with E-state index in [2.05, 4.69) is 19.9 Å². The van der Waals surface area contributed by atoms with Gasteiger partial charge in [0.05, 0.1) is 24.3 Å². The number of rotatable bonds is 1. The van der Waals surface area contributed by atoms with Crippen LogP contribution in [0.1, 0.15) is 0 Å². The number of nitrogens with zero attached hydrogens (tertiary/aromatic N) is 2. The van der Waals surface area contributed by atoms with Crippen molar-refractivity contribution in [3.63, 3.8) is 0 Å². The fourth-order valence-corrected chi connectivity index (χ4v) is 1.67. The predicted octanol–water partition coefficient (Wildman–Crippen LogP) is 0.808. The van der Waals surface area contributed by atoms with E-state index in [0.717, 1.165) is 5.39 Å². The highest BCUT2D eigenvalue weighted by atomic mass is 16.5.